The standard InChI is InChI=1S/C18H20N2.ClH/c1-3-20-14(2)19-17-12-8-7-11-16(17)13-18(20)15-9-5-4-6-10-15;/h4-12,18H,3,13H2,1-2H3;1H. The van der Waals surface area contributed by atoms with Crippen LogP contribution in [0.3, 0.4) is 0 Å². The number of para-hydroxylation sites is 1. The molecule has 1 heterocycles. The number of benzene rings is 2. The van der Waals surface area contributed by atoms with Crippen LogP contribution in [-0.4, -0.2) is 17.3 Å². The Kier molecular flexibility index (Phi) is 5.03. The fourth-order valence-corrected chi connectivity index (χ4v) is 3.00. The molecule has 3 heteroatoms. The van der Waals surface area contributed by atoms with Gasteiger partial charge in [0.05, 0.1) is 11.7 Å². The molecule has 110 valence electrons. The van der Waals surface area contributed by atoms with Gasteiger partial charge in [-0.25, -0.2) is 4.99 Å². The Hall–Kier alpha value is -1.80. The predicted octanol–water partition coefficient (Wildman–Crippen LogP) is 4.78. The first kappa shape index (κ1) is 15.6. The lowest BCUT2D eigenvalue weighted by Gasteiger charge is -2.31. The summed E-state index contributed by atoms with van der Waals surface area (Å²) in [6.45, 7) is 5.29. The van der Waals surface area contributed by atoms with Crippen molar-refractivity contribution in [1.29, 1.82) is 0 Å². The Bertz CT molecular complexity index is 622. The smallest absolute Gasteiger partial charge is 0.102 e. The quantitative estimate of drug-likeness (QED) is 0.779. The van der Waals surface area contributed by atoms with Crippen LogP contribution in [0.1, 0.15) is 31.0 Å². The number of amidine groups is 1. The Morgan fingerprint density at radius 3 is 2.43 bits per heavy atom. The molecule has 1 aliphatic heterocycles. The Morgan fingerprint density at radius 2 is 1.71 bits per heavy atom. The second kappa shape index (κ2) is 6.77. The molecule has 0 fully saturated rings. The summed E-state index contributed by atoms with van der Waals surface area (Å²) in [5, 5.41) is 0. The Balaban J connectivity index is 0.00000161. The molecule has 0 saturated carbocycles. The predicted molar refractivity (Wildman–Crippen MR) is 91.7 cm³/mol. The molecule has 0 aromatic heterocycles. The normalized spacial score (nSPS) is 17.3. The fraction of sp³-hybridized carbons (Fsp3) is 0.278. The second-order valence-electron chi connectivity index (χ2n) is 5.20. The number of fused-ring (bicyclic) bond motifs is 1. The third-order valence-corrected chi connectivity index (χ3v) is 4.00. The summed E-state index contributed by atoms with van der Waals surface area (Å²) < 4.78 is 0. The third kappa shape index (κ3) is 3.11. The maximum Gasteiger partial charge on any atom is 0.102 e. The number of hydrogen-bond donors (Lipinski definition) is 0. The van der Waals surface area contributed by atoms with Crippen molar-refractivity contribution in [2.75, 3.05) is 6.54 Å². The lowest BCUT2D eigenvalue weighted by atomic mass is 9.97. The van der Waals surface area contributed by atoms with Crippen LogP contribution >= 0.6 is 12.4 Å². The molecule has 21 heavy (non-hydrogen) atoms. The van der Waals surface area contributed by atoms with Gasteiger partial charge in [-0.05, 0) is 37.5 Å². The SMILES string of the molecule is CCN1C(C)=Nc2ccccc2CC1c1ccccc1.Cl. The highest BCUT2D eigenvalue weighted by Crippen LogP contribution is 2.33. The Labute approximate surface area is 132 Å². The highest BCUT2D eigenvalue weighted by molar-refractivity contribution is 5.85. The highest BCUT2D eigenvalue weighted by Gasteiger charge is 2.24. The molecule has 0 spiro atoms. The molecule has 2 aromatic rings. The summed E-state index contributed by atoms with van der Waals surface area (Å²) in [6.07, 6.45) is 1.01. The zero-order valence-electron chi connectivity index (χ0n) is 12.5. The van der Waals surface area contributed by atoms with Gasteiger partial charge in [0, 0.05) is 6.54 Å². The molecule has 0 radical (unpaired) electrons. The maximum atomic E-state index is 4.81. The molecule has 2 nitrogen and oxygen atoms in total. The summed E-state index contributed by atoms with van der Waals surface area (Å²) in [5.41, 5.74) is 3.80. The molecule has 1 atom stereocenters. The first-order valence-corrected chi connectivity index (χ1v) is 7.24. The van der Waals surface area contributed by atoms with E-state index in [4.69, 9.17) is 4.99 Å². The van der Waals surface area contributed by atoms with Crippen LogP contribution in [0.4, 0.5) is 5.69 Å². The van der Waals surface area contributed by atoms with E-state index in [0.717, 1.165) is 24.5 Å². The molecular weight excluding hydrogens is 280 g/mol. The molecule has 1 aliphatic rings. The van der Waals surface area contributed by atoms with Crippen molar-refractivity contribution in [3.8, 4) is 0 Å². The van der Waals surface area contributed by atoms with Crippen molar-refractivity contribution in [2.24, 2.45) is 4.99 Å². The van der Waals surface area contributed by atoms with Crippen LogP contribution in [0.25, 0.3) is 0 Å². The van der Waals surface area contributed by atoms with Crippen molar-refractivity contribution < 1.29 is 0 Å². The summed E-state index contributed by atoms with van der Waals surface area (Å²) >= 11 is 0. The highest BCUT2D eigenvalue weighted by atomic mass is 35.5. The van der Waals surface area contributed by atoms with Crippen LogP contribution in [-0.2, 0) is 6.42 Å². The van der Waals surface area contributed by atoms with Crippen molar-refractivity contribution >= 4 is 23.9 Å². The summed E-state index contributed by atoms with van der Waals surface area (Å²) in [4.78, 5) is 7.21. The monoisotopic (exact) mass is 300 g/mol. The van der Waals surface area contributed by atoms with Crippen LogP contribution in [0.2, 0.25) is 0 Å². The summed E-state index contributed by atoms with van der Waals surface area (Å²) in [5.74, 6) is 1.10. The minimum Gasteiger partial charge on any atom is -0.353 e. The molecule has 1 unspecified atom stereocenters. The van der Waals surface area contributed by atoms with E-state index in [0.29, 0.717) is 6.04 Å². The van der Waals surface area contributed by atoms with Crippen LogP contribution in [0.5, 0.6) is 0 Å². The lowest BCUT2D eigenvalue weighted by molar-refractivity contribution is 0.330. The van der Waals surface area contributed by atoms with Gasteiger partial charge >= 0.3 is 0 Å². The van der Waals surface area contributed by atoms with Gasteiger partial charge in [-0.1, -0.05) is 48.5 Å². The molecule has 0 saturated heterocycles. The largest absolute Gasteiger partial charge is 0.353 e. The van der Waals surface area contributed by atoms with E-state index < -0.39 is 0 Å². The Morgan fingerprint density at radius 1 is 1.05 bits per heavy atom. The number of halogens is 1. The van der Waals surface area contributed by atoms with E-state index in [1.165, 1.54) is 11.1 Å². The first-order chi connectivity index (χ1) is 9.79. The number of aliphatic imine (C=N–C) groups is 1. The zero-order valence-corrected chi connectivity index (χ0v) is 13.3. The fourth-order valence-electron chi connectivity index (χ4n) is 3.00. The zero-order chi connectivity index (χ0) is 13.9. The van der Waals surface area contributed by atoms with Gasteiger partial charge in [-0.15, -0.1) is 12.4 Å². The molecule has 3 rings (SSSR count). The van der Waals surface area contributed by atoms with Crippen molar-refractivity contribution in [3.63, 3.8) is 0 Å². The minimum atomic E-state index is 0. The number of likely N-dealkylation sites (N-methyl/N-ethyl adjacent to an activating group) is 1. The van der Waals surface area contributed by atoms with E-state index in [9.17, 15) is 0 Å². The van der Waals surface area contributed by atoms with Gasteiger partial charge in [0.1, 0.15) is 5.84 Å². The maximum absolute atomic E-state index is 4.81. The van der Waals surface area contributed by atoms with E-state index in [2.05, 4.69) is 73.3 Å². The van der Waals surface area contributed by atoms with Gasteiger partial charge < -0.3 is 4.90 Å². The van der Waals surface area contributed by atoms with Crippen molar-refractivity contribution in [1.82, 2.24) is 4.90 Å². The van der Waals surface area contributed by atoms with Crippen molar-refractivity contribution in [2.45, 2.75) is 26.3 Å². The lowest BCUT2D eigenvalue weighted by Crippen LogP contribution is -2.33. The van der Waals surface area contributed by atoms with Gasteiger partial charge in [-0.2, -0.15) is 0 Å². The minimum absolute atomic E-state index is 0. The average molecular weight is 301 g/mol. The van der Waals surface area contributed by atoms with Crippen LogP contribution in [0.15, 0.2) is 59.6 Å². The second-order valence-corrected chi connectivity index (χ2v) is 5.20. The van der Waals surface area contributed by atoms with E-state index in [-0.39, 0.29) is 12.4 Å². The number of hydrogen-bond acceptors (Lipinski definition) is 2. The van der Waals surface area contributed by atoms with Gasteiger partial charge in [0.15, 0.2) is 0 Å². The van der Waals surface area contributed by atoms with Gasteiger partial charge in [0.25, 0.3) is 0 Å². The van der Waals surface area contributed by atoms with Gasteiger partial charge in [0.2, 0.25) is 0 Å². The molecule has 0 amide bonds. The van der Waals surface area contributed by atoms with Crippen molar-refractivity contribution in [3.05, 3.63) is 65.7 Å². The molecular formula is C18H21ClN2. The number of nitrogens with zero attached hydrogens (tertiary/aromatic N) is 2. The van der Waals surface area contributed by atoms with Crippen LogP contribution in [0, 0.1) is 0 Å². The molecule has 2 aromatic carbocycles. The van der Waals surface area contributed by atoms with E-state index in [1.807, 2.05) is 0 Å². The van der Waals surface area contributed by atoms with Crippen LogP contribution < -0.4 is 0 Å². The summed E-state index contributed by atoms with van der Waals surface area (Å²) in [7, 11) is 0. The first-order valence-electron chi connectivity index (χ1n) is 7.24. The average Bonchev–Trinajstić information content (AvgIpc) is 2.63. The molecule has 0 N–H and O–H groups in total. The molecule has 0 bridgehead atoms. The van der Waals surface area contributed by atoms with E-state index in [1.54, 1.807) is 0 Å². The number of rotatable bonds is 2. The molecule has 0 aliphatic carbocycles. The topological polar surface area (TPSA) is 15.6 Å². The third-order valence-electron chi connectivity index (χ3n) is 4.00. The summed E-state index contributed by atoms with van der Waals surface area (Å²) in [6, 6.07) is 19.6. The van der Waals surface area contributed by atoms with Gasteiger partial charge in [-0.3, -0.25) is 0 Å². The van der Waals surface area contributed by atoms with E-state index >= 15 is 0 Å².